The fraction of sp³-hybridized carbons (Fsp3) is 0.889. The zero-order valence-electron chi connectivity index (χ0n) is 9.20. The van der Waals surface area contributed by atoms with Gasteiger partial charge in [0.15, 0.2) is 0 Å². The predicted molar refractivity (Wildman–Crippen MR) is 54.1 cm³/mol. The largest absolute Gasteiger partial charge is 0.348 e. The van der Waals surface area contributed by atoms with E-state index in [1.54, 1.807) is 0 Å². The van der Waals surface area contributed by atoms with Crippen LogP contribution in [-0.2, 0) is 5.54 Å². The Balaban J connectivity index is 2.44. The Morgan fingerprint density at radius 3 is 2.64 bits per heavy atom. The number of nitrogens with zero attached hydrogens (tertiary/aromatic N) is 4. The molecule has 78 valence electrons. The normalized spacial score (nSPS) is 23.4. The Labute approximate surface area is 83.9 Å². The van der Waals surface area contributed by atoms with E-state index in [4.69, 9.17) is 0 Å². The Bertz CT molecular complexity index is 339. The van der Waals surface area contributed by atoms with E-state index in [1.165, 1.54) is 0 Å². The van der Waals surface area contributed by atoms with Gasteiger partial charge in [-0.05, 0) is 51.0 Å². The zero-order valence-corrected chi connectivity index (χ0v) is 9.20. The first-order chi connectivity index (χ1) is 6.41. The maximum Gasteiger partial charge on any atom is 0.243 e. The third-order valence-corrected chi connectivity index (χ3v) is 2.85. The molecule has 0 saturated heterocycles. The van der Waals surface area contributed by atoms with E-state index < -0.39 is 0 Å². The standard InChI is InChI=1S/C9H17N5/c1-8(2)5-6-9(3,4)14-7(10-8)11-12-13-14/h5-6H2,1-4H3,(H,10,11,13). The minimum Gasteiger partial charge on any atom is -0.348 e. The Morgan fingerprint density at radius 2 is 1.93 bits per heavy atom. The van der Waals surface area contributed by atoms with Gasteiger partial charge in [0.05, 0.1) is 5.54 Å². The summed E-state index contributed by atoms with van der Waals surface area (Å²) in [6, 6.07) is 0. The second-order valence-corrected chi connectivity index (χ2v) is 5.24. The quantitative estimate of drug-likeness (QED) is 0.679. The summed E-state index contributed by atoms with van der Waals surface area (Å²) >= 11 is 0. The maximum atomic E-state index is 4.03. The summed E-state index contributed by atoms with van der Waals surface area (Å²) in [5.41, 5.74) is 0.0693. The van der Waals surface area contributed by atoms with Crippen LogP contribution in [0.15, 0.2) is 0 Å². The lowest BCUT2D eigenvalue weighted by atomic mass is 9.91. The van der Waals surface area contributed by atoms with Gasteiger partial charge in [-0.3, -0.25) is 0 Å². The van der Waals surface area contributed by atoms with Crippen molar-refractivity contribution in [1.82, 2.24) is 20.2 Å². The summed E-state index contributed by atoms with van der Waals surface area (Å²) in [7, 11) is 0. The molecule has 1 aliphatic rings. The van der Waals surface area contributed by atoms with Crippen LogP contribution in [0.5, 0.6) is 0 Å². The lowest BCUT2D eigenvalue weighted by Gasteiger charge is -2.24. The zero-order chi connectivity index (χ0) is 10.4. The van der Waals surface area contributed by atoms with Crippen LogP contribution in [-0.4, -0.2) is 25.7 Å². The molecule has 0 amide bonds. The number of nitrogens with one attached hydrogen (secondary N) is 1. The van der Waals surface area contributed by atoms with Gasteiger partial charge in [-0.15, -0.1) is 0 Å². The molecule has 1 aromatic rings. The van der Waals surface area contributed by atoms with Crippen LogP contribution in [0.1, 0.15) is 40.5 Å². The smallest absolute Gasteiger partial charge is 0.243 e. The first-order valence-electron chi connectivity index (χ1n) is 4.98. The minimum atomic E-state index is -0.000394. The molecule has 0 spiro atoms. The van der Waals surface area contributed by atoms with Gasteiger partial charge >= 0.3 is 0 Å². The van der Waals surface area contributed by atoms with Crippen molar-refractivity contribution in [3.05, 3.63) is 0 Å². The first kappa shape index (κ1) is 9.43. The summed E-state index contributed by atoms with van der Waals surface area (Å²) in [6.07, 6.45) is 2.18. The van der Waals surface area contributed by atoms with Crippen LogP contribution < -0.4 is 5.32 Å². The summed E-state index contributed by atoms with van der Waals surface area (Å²) in [5.74, 6) is 0.775. The molecule has 0 unspecified atom stereocenters. The Morgan fingerprint density at radius 1 is 1.21 bits per heavy atom. The van der Waals surface area contributed by atoms with E-state index in [2.05, 4.69) is 48.5 Å². The van der Waals surface area contributed by atoms with Gasteiger partial charge in [0.1, 0.15) is 0 Å². The number of tetrazole rings is 1. The average Bonchev–Trinajstić information content (AvgIpc) is 2.46. The maximum absolute atomic E-state index is 4.03. The first-order valence-corrected chi connectivity index (χ1v) is 4.98. The van der Waals surface area contributed by atoms with Crippen molar-refractivity contribution >= 4 is 5.95 Å². The fourth-order valence-corrected chi connectivity index (χ4v) is 1.76. The average molecular weight is 195 g/mol. The molecule has 0 radical (unpaired) electrons. The van der Waals surface area contributed by atoms with Crippen molar-refractivity contribution in [3.8, 4) is 0 Å². The van der Waals surface area contributed by atoms with Gasteiger partial charge in [0, 0.05) is 5.54 Å². The minimum absolute atomic E-state index is 0.000394. The highest BCUT2D eigenvalue weighted by Gasteiger charge is 2.34. The third kappa shape index (κ3) is 1.47. The lowest BCUT2D eigenvalue weighted by Crippen LogP contribution is -2.30. The van der Waals surface area contributed by atoms with E-state index in [-0.39, 0.29) is 11.1 Å². The number of anilines is 1. The molecule has 0 bridgehead atoms. The molecule has 0 aliphatic carbocycles. The molecule has 0 saturated carbocycles. The molecule has 0 atom stereocenters. The molecule has 14 heavy (non-hydrogen) atoms. The van der Waals surface area contributed by atoms with Crippen LogP contribution in [0, 0.1) is 0 Å². The number of hydrogen-bond acceptors (Lipinski definition) is 4. The molecule has 1 aliphatic heterocycles. The number of rotatable bonds is 0. The van der Waals surface area contributed by atoms with Gasteiger partial charge in [-0.25, -0.2) is 4.68 Å². The van der Waals surface area contributed by atoms with Gasteiger partial charge in [-0.2, -0.15) is 0 Å². The lowest BCUT2D eigenvalue weighted by molar-refractivity contribution is 0.283. The van der Waals surface area contributed by atoms with Crippen molar-refractivity contribution in [2.75, 3.05) is 5.32 Å². The van der Waals surface area contributed by atoms with Crippen LogP contribution in [0.25, 0.3) is 0 Å². The number of fused-ring (bicyclic) bond motifs is 1. The molecule has 2 heterocycles. The molecular weight excluding hydrogens is 178 g/mol. The molecule has 1 N–H and O–H groups in total. The second kappa shape index (κ2) is 2.68. The van der Waals surface area contributed by atoms with Gasteiger partial charge in [-0.1, -0.05) is 5.10 Å². The number of aromatic nitrogens is 4. The summed E-state index contributed by atoms with van der Waals surface area (Å²) in [4.78, 5) is 0. The van der Waals surface area contributed by atoms with Crippen molar-refractivity contribution in [2.45, 2.75) is 51.6 Å². The molecule has 1 aromatic heterocycles. The predicted octanol–water partition coefficient (Wildman–Crippen LogP) is 1.39. The van der Waals surface area contributed by atoms with Crippen LogP contribution >= 0.6 is 0 Å². The molecule has 5 heteroatoms. The van der Waals surface area contributed by atoms with E-state index in [9.17, 15) is 0 Å². The van der Waals surface area contributed by atoms with Crippen LogP contribution in [0.4, 0.5) is 5.95 Å². The Kier molecular flexibility index (Phi) is 1.81. The van der Waals surface area contributed by atoms with Gasteiger partial charge in [0.2, 0.25) is 5.95 Å². The van der Waals surface area contributed by atoms with Gasteiger partial charge < -0.3 is 5.32 Å². The molecule has 5 nitrogen and oxygen atoms in total. The van der Waals surface area contributed by atoms with Crippen LogP contribution in [0.3, 0.4) is 0 Å². The van der Waals surface area contributed by atoms with Crippen molar-refractivity contribution in [1.29, 1.82) is 0 Å². The van der Waals surface area contributed by atoms with E-state index in [1.807, 2.05) is 4.68 Å². The van der Waals surface area contributed by atoms with E-state index >= 15 is 0 Å². The summed E-state index contributed by atoms with van der Waals surface area (Å²) < 4.78 is 1.88. The Hall–Kier alpha value is -1.13. The molecular formula is C9H17N5. The van der Waals surface area contributed by atoms with Crippen molar-refractivity contribution < 1.29 is 0 Å². The fourth-order valence-electron chi connectivity index (χ4n) is 1.76. The van der Waals surface area contributed by atoms with Crippen molar-refractivity contribution in [3.63, 3.8) is 0 Å². The number of hydrogen-bond donors (Lipinski definition) is 1. The topological polar surface area (TPSA) is 55.6 Å². The van der Waals surface area contributed by atoms with E-state index in [0.717, 1.165) is 18.8 Å². The SMILES string of the molecule is CC1(C)CCC(C)(C)n2nnnc2N1. The highest BCUT2D eigenvalue weighted by atomic mass is 15.6. The van der Waals surface area contributed by atoms with E-state index in [0.29, 0.717) is 0 Å². The third-order valence-electron chi connectivity index (χ3n) is 2.85. The summed E-state index contributed by atoms with van der Waals surface area (Å²) in [5, 5.41) is 15.1. The van der Waals surface area contributed by atoms with Crippen molar-refractivity contribution in [2.24, 2.45) is 0 Å². The monoisotopic (exact) mass is 195 g/mol. The summed E-state index contributed by atoms with van der Waals surface area (Å²) in [6.45, 7) is 8.67. The second-order valence-electron chi connectivity index (χ2n) is 5.24. The highest BCUT2D eigenvalue weighted by Crippen LogP contribution is 2.32. The van der Waals surface area contributed by atoms with Gasteiger partial charge in [0.25, 0.3) is 0 Å². The molecule has 0 aromatic carbocycles. The molecule has 0 fully saturated rings. The molecule has 2 rings (SSSR count). The highest BCUT2D eigenvalue weighted by molar-refractivity contribution is 5.29. The van der Waals surface area contributed by atoms with Crippen LogP contribution in [0.2, 0.25) is 0 Å².